The average molecular weight is 293 g/mol. The summed E-state index contributed by atoms with van der Waals surface area (Å²) in [5, 5.41) is 4.11. The molecule has 1 aromatic rings. The Kier molecular flexibility index (Phi) is 3.02. The van der Waals surface area contributed by atoms with Crippen LogP contribution in [0.15, 0.2) is 10.7 Å². The Labute approximate surface area is 101 Å². The Hall–Kier alpha value is -0.550. The second-order valence-electron chi connectivity index (χ2n) is 3.73. The molecule has 0 unspecified atom stereocenters. The van der Waals surface area contributed by atoms with Crippen LogP contribution in [-0.2, 0) is 7.05 Å². The number of likely N-dealkylation sites (tertiary alicyclic amines) is 1. The highest BCUT2D eigenvalue weighted by Crippen LogP contribution is 2.22. The molecular weight excluding hydrogens is 281 g/mol. The second-order valence-corrected chi connectivity index (χ2v) is 4.89. The molecule has 0 N–H and O–H groups in total. The Morgan fingerprint density at radius 1 is 1.73 bits per heavy atom. The number of aromatic nitrogens is 2. The van der Waals surface area contributed by atoms with Crippen molar-refractivity contribution in [3.63, 3.8) is 0 Å². The molecule has 4 nitrogen and oxygen atoms in total. The lowest BCUT2D eigenvalue weighted by molar-refractivity contribution is 0.0528. The van der Waals surface area contributed by atoms with Crippen LogP contribution in [0.25, 0.3) is 0 Å². The number of carbonyl (C=O) groups excluding carboxylic acids is 1. The highest BCUT2D eigenvalue weighted by Gasteiger charge is 2.32. The second kappa shape index (κ2) is 4.14. The van der Waals surface area contributed by atoms with E-state index in [1.807, 2.05) is 0 Å². The number of rotatable bonds is 2. The normalized spacial score (nSPS) is 16.6. The van der Waals surface area contributed by atoms with Gasteiger partial charge in [0.15, 0.2) is 5.69 Å². The van der Waals surface area contributed by atoms with Crippen LogP contribution in [0.2, 0.25) is 0 Å². The van der Waals surface area contributed by atoms with Crippen molar-refractivity contribution in [1.82, 2.24) is 14.7 Å². The average Bonchev–Trinajstić information content (AvgIpc) is 2.43. The number of halogens is 2. The van der Waals surface area contributed by atoms with E-state index in [0.29, 0.717) is 17.5 Å². The van der Waals surface area contributed by atoms with Crippen LogP contribution in [0.5, 0.6) is 0 Å². The molecule has 0 bridgehead atoms. The minimum absolute atomic E-state index is 0.0242. The molecule has 15 heavy (non-hydrogen) atoms. The molecular formula is C9H11BrClN3O. The van der Waals surface area contributed by atoms with Crippen LogP contribution in [0.3, 0.4) is 0 Å². The van der Waals surface area contributed by atoms with Crippen molar-refractivity contribution in [1.29, 1.82) is 0 Å². The maximum atomic E-state index is 11.9. The van der Waals surface area contributed by atoms with Crippen LogP contribution in [-0.4, -0.2) is 39.6 Å². The monoisotopic (exact) mass is 291 g/mol. The first kappa shape index (κ1) is 11.0. The van der Waals surface area contributed by atoms with Crippen molar-refractivity contribution >= 4 is 33.4 Å². The summed E-state index contributed by atoms with van der Waals surface area (Å²) in [5.74, 6) is 1.04. The minimum Gasteiger partial charge on any atom is -0.336 e. The van der Waals surface area contributed by atoms with Gasteiger partial charge in [-0.25, -0.2) is 0 Å². The summed E-state index contributed by atoms with van der Waals surface area (Å²) in [7, 11) is 1.79. The van der Waals surface area contributed by atoms with Crippen LogP contribution in [0.1, 0.15) is 10.5 Å². The maximum Gasteiger partial charge on any atom is 0.275 e. The molecule has 1 aliphatic heterocycles. The van der Waals surface area contributed by atoms with Gasteiger partial charge in [0.05, 0.1) is 4.47 Å². The SMILES string of the molecule is Cn1cc(Br)c(C(=O)N2CC(CCl)C2)n1. The van der Waals surface area contributed by atoms with Crippen LogP contribution < -0.4 is 0 Å². The maximum absolute atomic E-state index is 11.9. The molecule has 1 saturated heterocycles. The fraction of sp³-hybridized carbons (Fsp3) is 0.556. The summed E-state index contributed by atoms with van der Waals surface area (Å²) in [6, 6.07) is 0. The molecule has 1 aliphatic rings. The first-order valence-electron chi connectivity index (χ1n) is 4.66. The molecule has 0 aliphatic carbocycles. The summed E-state index contributed by atoms with van der Waals surface area (Å²) in [6.07, 6.45) is 1.77. The zero-order chi connectivity index (χ0) is 11.0. The minimum atomic E-state index is -0.0242. The predicted molar refractivity (Wildman–Crippen MR) is 61.0 cm³/mol. The highest BCUT2D eigenvalue weighted by atomic mass is 79.9. The lowest BCUT2D eigenvalue weighted by Crippen LogP contribution is -2.50. The zero-order valence-electron chi connectivity index (χ0n) is 8.28. The van der Waals surface area contributed by atoms with E-state index in [1.165, 1.54) is 0 Å². The molecule has 6 heteroatoms. The van der Waals surface area contributed by atoms with Crippen LogP contribution >= 0.6 is 27.5 Å². The predicted octanol–water partition coefficient (Wildman–Crippen LogP) is 1.49. The number of hydrogen-bond donors (Lipinski definition) is 0. The third kappa shape index (κ3) is 2.03. The zero-order valence-corrected chi connectivity index (χ0v) is 10.6. The van der Waals surface area contributed by atoms with E-state index in [-0.39, 0.29) is 5.91 Å². The summed E-state index contributed by atoms with van der Waals surface area (Å²) >= 11 is 9.00. The van der Waals surface area contributed by atoms with Gasteiger partial charge in [0.2, 0.25) is 0 Å². The molecule has 2 heterocycles. The van der Waals surface area contributed by atoms with Crippen molar-refractivity contribution < 1.29 is 4.79 Å². The van der Waals surface area contributed by atoms with E-state index in [2.05, 4.69) is 21.0 Å². The molecule has 0 aromatic carbocycles. The summed E-state index contributed by atoms with van der Waals surface area (Å²) in [4.78, 5) is 13.7. The lowest BCUT2D eigenvalue weighted by atomic mass is 10.0. The number of amides is 1. The number of aryl methyl sites for hydroxylation is 1. The summed E-state index contributed by atoms with van der Waals surface area (Å²) < 4.78 is 2.36. The molecule has 1 fully saturated rings. The van der Waals surface area contributed by atoms with Gasteiger partial charge in [-0.3, -0.25) is 9.48 Å². The molecule has 0 saturated carbocycles. The van der Waals surface area contributed by atoms with Gasteiger partial charge in [-0.1, -0.05) is 0 Å². The summed E-state index contributed by atoms with van der Waals surface area (Å²) in [5.41, 5.74) is 0.477. The molecule has 0 radical (unpaired) electrons. The van der Waals surface area contributed by atoms with Crippen molar-refractivity contribution in [2.45, 2.75) is 0 Å². The summed E-state index contributed by atoms with van der Waals surface area (Å²) in [6.45, 7) is 1.48. The molecule has 0 spiro atoms. The van der Waals surface area contributed by atoms with Gasteiger partial charge in [-0.05, 0) is 15.9 Å². The topological polar surface area (TPSA) is 38.1 Å². The largest absolute Gasteiger partial charge is 0.336 e. The standard InChI is InChI=1S/C9H11BrClN3O/c1-13-5-7(10)8(12-13)9(15)14-3-6(2-11)4-14/h5-6H,2-4H2,1H3. The Morgan fingerprint density at radius 3 is 2.87 bits per heavy atom. The quantitative estimate of drug-likeness (QED) is 0.775. The van der Waals surface area contributed by atoms with Gasteiger partial charge in [-0.15, -0.1) is 11.6 Å². The molecule has 1 amide bonds. The Morgan fingerprint density at radius 2 is 2.40 bits per heavy atom. The van der Waals surface area contributed by atoms with E-state index < -0.39 is 0 Å². The third-order valence-electron chi connectivity index (χ3n) is 2.45. The van der Waals surface area contributed by atoms with Gasteiger partial charge >= 0.3 is 0 Å². The van der Waals surface area contributed by atoms with Gasteiger partial charge < -0.3 is 4.90 Å². The van der Waals surface area contributed by atoms with E-state index in [9.17, 15) is 4.79 Å². The van der Waals surface area contributed by atoms with Gasteiger partial charge in [0.1, 0.15) is 0 Å². The van der Waals surface area contributed by atoms with E-state index in [0.717, 1.165) is 17.6 Å². The van der Waals surface area contributed by atoms with Crippen molar-refractivity contribution in [3.05, 3.63) is 16.4 Å². The molecule has 1 aromatic heterocycles. The van der Waals surface area contributed by atoms with Crippen molar-refractivity contribution in [3.8, 4) is 0 Å². The highest BCUT2D eigenvalue weighted by molar-refractivity contribution is 9.10. The van der Waals surface area contributed by atoms with Crippen LogP contribution in [0, 0.1) is 5.92 Å². The van der Waals surface area contributed by atoms with Crippen LogP contribution in [0.4, 0.5) is 0 Å². The van der Waals surface area contributed by atoms with Crippen molar-refractivity contribution in [2.24, 2.45) is 13.0 Å². The van der Waals surface area contributed by atoms with Gasteiger partial charge in [0.25, 0.3) is 5.91 Å². The fourth-order valence-electron chi connectivity index (χ4n) is 1.59. The lowest BCUT2D eigenvalue weighted by Gasteiger charge is -2.37. The molecule has 2 rings (SSSR count). The van der Waals surface area contributed by atoms with E-state index >= 15 is 0 Å². The van der Waals surface area contributed by atoms with Gasteiger partial charge in [0, 0.05) is 38.1 Å². The Bertz CT molecular complexity index is 387. The third-order valence-corrected chi connectivity index (χ3v) is 3.47. The number of carbonyl (C=O) groups is 1. The first-order chi connectivity index (χ1) is 7.11. The number of alkyl halides is 1. The van der Waals surface area contributed by atoms with E-state index in [1.54, 1.807) is 22.8 Å². The van der Waals surface area contributed by atoms with Gasteiger partial charge in [-0.2, -0.15) is 5.10 Å². The molecule has 82 valence electrons. The van der Waals surface area contributed by atoms with E-state index in [4.69, 9.17) is 11.6 Å². The fourth-order valence-corrected chi connectivity index (χ4v) is 2.33. The first-order valence-corrected chi connectivity index (χ1v) is 5.99. The van der Waals surface area contributed by atoms with Crippen molar-refractivity contribution in [2.75, 3.05) is 19.0 Å². The smallest absolute Gasteiger partial charge is 0.275 e. The number of nitrogens with zero attached hydrogens (tertiary/aromatic N) is 3. The Balaban J connectivity index is 2.06. The molecule has 0 atom stereocenters. The number of hydrogen-bond acceptors (Lipinski definition) is 2.